The van der Waals surface area contributed by atoms with E-state index in [1.165, 1.54) is 29.3 Å². The van der Waals surface area contributed by atoms with E-state index in [0.29, 0.717) is 17.3 Å². The first-order chi connectivity index (χ1) is 7.53. The fourth-order valence-corrected chi connectivity index (χ4v) is 4.50. The largest absolute Gasteiger partial charge is 0.330 e. The van der Waals surface area contributed by atoms with E-state index in [9.17, 15) is 0 Å². The molecule has 2 N–H and O–H groups in total. The standard InChI is InChI=1S/C13H20BrNS/c1-13(2)4-3-9(6-15)10(5-13)11-7-16-8-12(11)14/h7-10H,3-6,15H2,1-2H3. The van der Waals surface area contributed by atoms with E-state index in [0.717, 1.165) is 6.54 Å². The summed E-state index contributed by atoms with van der Waals surface area (Å²) in [6.45, 7) is 5.59. The Morgan fingerprint density at radius 1 is 1.50 bits per heavy atom. The zero-order chi connectivity index (χ0) is 11.8. The van der Waals surface area contributed by atoms with Crippen molar-refractivity contribution >= 4 is 27.3 Å². The van der Waals surface area contributed by atoms with Gasteiger partial charge in [0.15, 0.2) is 0 Å². The molecule has 1 fully saturated rings. The molecule has 0 bridgehead atoms. The van der Waals surface area contributed by atoms with Gasteiger partial charge in [0, 0.05) is 9.85 Å². The fraction of sp³-hybridized carbons (Fsp3) is 0.692. The zero-order valence-electron chi connectivity index (χ0n) is 10.0. The van der Waals surface area contributed by atoms with Crippen LogP contribution < -0.4 is 5.73 Å². The second kappa shape index (κ2) is 4.79. The summed E-state index contributed by atoms with van der Waals surface area (Å²) < 4.78 is 1.28. The second-order valence-corrected chi connectivity index (χ2v) is 7.28. The number of nitrogens with two attached hydrogens (primary N) is 1. The Balaban J connectivity index is 2.25. The molecule has 0 aromatic carbocycles. The Bertz CT molecular complexity index is 359. The van der Waals surface area contributed by atoms with Crippen molar-refractivity contribution in [2.24, 2.45) is 17.1 Å². The molecule has 1 heterocycles. The van der Waals surface area contributed by atoms with Gasteiger partial charge >= 0.3 is 0 Å². The van der Waals surface area contributed by atoms with Gasteiger partial charge in [0.25, 0.3) is 0 Å². The molecule has 0 saturated heterocycles. The highest BCUT2D eigenvalue weighted by atomic mass is 79.9. The van der Waals surface area contributed by atoms with E-state index in [-0.39, 0.29) is 0 Å². The minimum atomic E-state index is 0.470. The van der Waals surface area contributed by atoms with Crippen molar-refractivity contribution in [3.05, 3.63) is 20.8 Å². The van der Waals surface area contributed by atoms with Crippen molar-refractivity contribution < 1.29 is 0 Å². The van der Waals surface area contributed by atoms with Crippen LogP contribution >= 0.6 is 27.3 Å². The maximum absolute atomic E-state index is 5.93. The van der Waals surface area contributed by atoms with E-state index in [2.05, 4.69) is 40.5 Å². The lowest BCUT2D eigenvalue weighted by Gasteiger charge is -2.40. The van der Waals surface area contributed by atoms with Crippen LogP contribution in [0.1, 0.15) is 44.6 Å². The highest BCUT2D eigenvalue weighted by Crippen LogP contribution is 2.48. The summed E-state index contributed by atoms with van der Waals surface area (Å²) in [4.78, 5) is 0. The van der Waals surface area contributed by atoms with E-state index in [1.54, 1.807) is 11.3 Å². The van der Waals surface area contributed by atoms with Gasteiger partial charge in [-0.25, -0.2) is 0 Å². The maximum Gasteiger partial charge on any atom is 0.0317 e. The Hall–Kier alpha value is 0.140. The molecule has 1 aromatic heterocycles. The normalized spacial score (nSPS) is 29.2. The molecule has 0 aliphatic heterocycles. The Morgan fingerprint density at radius 2 is 2.25 bits per heavy atom. The van der Waals surface area contributed by atoms with Crippen molar-refractivity contribution in [2.75, 3.05) is 6.54 Å². The van der Waals surface area contributed by atoms with Crippen LogP contribution in [-0.4, -0.2) is 6.54 Å². The van der Waals surface area contributed by atoms with Crippen molar-refractivity contribution in [1.29, 1.82) is 0 Å². The van der Waals surface area contributed by atoms with Gasteiger partial charge in [-0.2, -0.15) is 11.3 Å². The SMILES string of the molecule is CC1(C)CCC(CN)C(c2cscc2Br)C1. The van der Waals surface area contributed by atoms with E-state index < -0.39 is 0 Å². The first-order valence-electron chi connectivity index (χ1n) is 5.95. The lowest BCUT2D eigenvalue weighted by molar-refractivity contribution is 0.165. The molecule has 0 spiro atoms. The molecule has 0 amide bonds. The summed E-state index contributed by atoms with van der Waals surface area (Å²) in [6.07, 6.45) is 3.85. The van der Waals surface area contributed by atoms with Crippen LogP contribution in [-0.2, 0) is 0 Å². The monoisotopic (exact) mass is 301 g/mol. The smallest absolute Gasteiger partial charge is 0.0317 e. The van der Waals surface area contributed by atoms with E-state index in [4.69, 9.17) is 5.73 Å². The fourth-order valence-electron chi connectivity index (χ4n) is 2.84. The van der Waals surface area contributed by atoms with Crippen LogP contribution in [0.15, 0.2) is 15.2 Å². The molecule has 3 heteroatoms. The second-order valence-electron chi connectivity index (χ2n) is 5.68. The molecule has 1 nitrogen and oxygen atoms in total. The van der Waals surface area contributed by atoms with Gasteiger partial charge in [-0.15, -0.1) is 0 Å². The average molecular weight is 302 g/mol. The van der Waals surface area contributed by atoms with Crippen LogP contribution in [0.5, 0.6) is 0 Å². The number of halogens is 1. The summed E-state index contributed by atoms with van der Waals surface area (Å²) in [5.74, 6) is 1.31. The zero-order valence-corrected chi connectivity index (χ0v) is 12.4. The van der Waals surface area contributed by atoms with Crippen LogP contribution in [0.25, 0.3) is 0 Å². The van der Waals surface area contributed by atoms with Crippen LogP contribution in [0.4, 0.5) is 0 Å². The van der Waals surface area contributed by atoms with E-state index >= 15 is 0 Å². The van der Waals surface area contributed by atoms with Crippen molar-refractivity contribution in [3.8, 4) is 0 Å². The minimum Gasteiger partial charge on any atom is -0.330 e. The molecular formula is C13H20BrNS. The number of hydrogen-bond acceptors (Lipinski definition) is 2. The average Bonchev–Trinajstić information content (AvgIpc) is 2.63. The van der Waals surface area contributed by atoms with Crippen LogP contribution in [0.3, 0.4) is 0 Å². The van der Waals surface area contributed by atoms with Crippen LogP contribution in [0.2, 0.25) is 0 Å². The number of thiophene rings is 1. The summed E-state index contributed by atoms with van der Waals surface area (Å²) >= 11 is 5.45. The maximum atomic E-state index is 5.93. The molecular weight excluding hydrogens is 282 g/mol. The van der Waals surface area contributed by atoms with Crippen molar-refractivity contribution in [3.63, 3.8) is 0 Å². The highest BCUT2D eigenvalue weighted by molar-refractivity contribution is 9.10. The number of rotatable bonds is 2. The number of hydrogen-bond donors (Lipinski definition) is 1. The van der Waals surface area contributed by atoms with Gasteiger partial charge in [-0.05, 0) is 69.9 Å². The lowest BCUT2D eigenvalue weighted by atomic mass is 9.65. The third-order valence-electron chi connectivity index (χ3n) is 3.88. The van der Waals surface area contributed by atoms with Gasteiger partial charge in [-0.3, -0.25) is 0 Å². The summed E-state index contributed by atoms with van der Waals surface area (Å²) in [7, 11) is 0. The lowest BCUT2D eigenvalue weighted by Crippen LogP contribution is -2.32. The molecule has 1 saturated carbocycles. The van der Waals surface area contributed by atoms with Gasteiger partial charge < -0.3 is 5.73 Å². The highest BCUT2D eigenvalue weighted by Gasteiger charge is 2.35. The Morgan fingerprint density at radius 3 is 2.81 bits per heavy atom. The van der Waals surface area contributed by atoms with Crippen molar-refractivity contribution in [1.82, 2.24) is 0 Å². The minimum absolute atomic E-state index is 0.470. The quantitative estimate of drug-likeness (QED) is 0.862. The molecule has 0 radical (unpaired) electrons. The molecule has 1 aromatic rings. The van der Waals surface area contributed by atoms with Gasteiger partial charge in [0.05, 0.1) is 0 Å². The summed E-state index contributed by atoms with van der Waals surface area (Å²) in [5.41, 5.74) is 7.88. The summed E-state index contributed by atoms with van der Waals surface area (Å²) in [6, 6.07) is 0. The first kappa shape index (κ1) is 12.6. The van der Waals surface area contributed by atoms with Gasteiger partial charge in [0.2, 0.25) is 0 Å². The molecule has 1 aliphatic carbocycles. The Kier molecular flexibility index (Phi) is 3.77. The van der Waals surface area contributed by atoms with Crippen LogP contribution in [0, 0.1) is 11.3 Å². The van der Waals surface area contributed by atoms with E-state index in [1.807, 2.05) is 0 Å². The molecule has 2 unspecified atom stereocenters. The van der Waals surface area contributed by atoms with Gasteiger partial charge in [0.1, 0.15) is 0 Å². The third kappa shape index (κ3) is 2.52. The molecule has 2 rings (SSSR count). The summed E-state index contributed by atoms with van der Waals surface area (Å²) in [5, 5.41) is 4.48. The molecule has 2 atom stereocenters. The predicted molar refractivity (Wildman–Crippen MR) is 74.9 cm³/mol. The third-order valence-corrected chi connectivity index (χ3v) is 5.63. The molecule has 90 valence electrons. The first-order valence-corrected chi connectivity index (χ1v) is 7.69. The van der Waals surface area contributed by atoms with Crippen molar-refractivity contribution in [2.45, 2.75) is 39.0 Å². The topological polar surface area (TPSA) is 26.0 Å². The molecule has 16 heavy (non-hydrogen) atoms. The predicted octanol–water partition coefficient (Wildman–Crippen LogP) is 4.38. The molecule has 1 aliphatic rings. The Labute approximate surface area is 111 Å². The van der Waals surface area contributed by atoms with Gasteiger partial charge in [-0.1, -0.05) is 13.8 Å².